The number of thioether (sulfide) groups is 1. The lowest BCUT2D eigenvalue weighted by Crippen LogP contribution is -2.71. The molecule has 5 rings (SSSR count). The number of likely N-dealkylation sites (tertiary alicyclic amines) is 1. The Labute approximate surface area is 213 Å². The van der Waals surface area contributed by atoms with Gasteiger partial charge in [-0.05, 0) is 30.9 Å². The highest BCUT2D eigenvalue weighted by atomic mass is 32.2. The van der Waals surface area contributed by atoms with Gasteiger partial charge in [0.2, 0.25) is 17.4 Å². The molecule has 2 atom stereocenters. The van der Waals surface area contributed by atoms with Crippen molar-refractivity contribution in [1.29, 1.82) is 0 Å². The van der Waals surface area contributed by atoms with Crippen LogP contribution in [0.15, 0.2) is 28.1 Å². The van der Waals surface area contributed by atoms with E-state index in [1.165, 1.54) is 11.8 Å². The summed E-state index contributed by atoms with van der Waals surface area (Å²) in [5.74, 6) is -3.20. The first-order valence-corrected chi connectivity index (χ1v) is 13.2. The Morgan fingerprint density at radius 3 is 2.67 bits per heavy atom. The minimum atomic E-state index is -1.54. The Kier molecular flexibility index (Phi) is 6.42. The molecular weight excluding hydrogens is 510 g/mol. The second-order valence-electron chi connectivity index (χ2n) is 8.78. The Morgan fingerprint density at radius 1 is 1.28 bits per heavy atom. The minimum absolute atomic E-state index is 0.0603. The first-order valence-electron chi connectivity index (χ1n) is 11.3. The zero-order valence-corrected chi connectivity index (χ0v) is 20.5. The van der Waals surface area contributed by atoms with Crippen LogP contribution in [0.4, 0.5) is 5.13 Å². The summed E-state index contributed by atoms with van der Waals surface area (Å²) in [6, 6.07) is -0.836. The van der Waals surface area contributed by atoms with Crippen LogP contribution in [0.5, 0.6) is 0 Å². The maximum Gasteiger partial charge on any atom is 0.278 e. The van der Waals surface area contributed by atoms with Gasteiger partial charge in [0.1, 0.15) is 11.4 Å². The fourth-order valence-electron chi connectivity index (χ4n) is 5.02. The number of β-lactam (4-membered cyclic amide) rings is 1. The van der Waals surface area contributed by atoms with Gasteiger partial charge < -0.3 is 31.1 Å². The summed E-state index contributed by atoms with van der Waals surface area (Å²) in [5.41, 5.74) is 5.51. The summed E-state index contributed by atoms with van der Waals surface area (Å²) in [6.45, 7) is 0.601. The van der Waals surface area contributed by atoms with Crippen LogP contribution in [-0.2, 0) is 19.2 Å². The number of carboxylic acid groups (broad SMARTS) is 1. The predicted molar refractivity (Wildman–Crippen MR) is 126 cm³/mol. The largest absolute Gasteiger partial charge is 0.543 e. The van der Waals surface area contributed by atoms with E-state index in [0.29, 0.717) is 24.1 Å². The molecule has 4 N–H and O–H groups in total. The molecule has 0 bridgehead atoms. The summed E-state index contributed by atoms with van der Waals surface area (Å²) in [4.78, 5) is 57.2. The number of amides is 3. The maximum atomic E-state index is 12.9. The smallest absolute Gasteiger partial charge is 0.278 e. The van der Waals surface area contributed by atoms with Crippen LogP contribution in [0.2, 0.25) is 0 Å². The first kappa shape index (κ1) is 24.2. The highest BCUT2D eigenvalue weighted by molar-refractivity contribution is 8.00. The second-order valence-corrected chi connectivity index (χ2v) is 10.7. The van der Waals surface area contributed by atoms with Crippen molar-refractivity contribution >= 4 is 57.8 Å². The SMILES string of the molecule is Nc1nc(/C(=N\O)C(=O)N[C@@H]2C(=O)N3C(C(=O)[O-])=C(/C=C4\CCN(C5CCCC5)C4=O)CS[C@H]23)ns1. The van der Waals surface area contributed by atoms with Gasteiger partial charge in [0.15, 0.2) is 5.13 Å². The van der Waals surface area contributed by atoms with E-state index in [1.54, 1.807) is 6.08 Å². The summed E-state index contributed by atoms with van der Waals surface area (Å²) < 4.78 is 3.81. The Morgan fingerprint density at radius 2 is 2.03 bits per heavy atom. The number of carboxylic acids is 1. The molecule has 13 nitrogen and oxygen atoms in total. The number of nitrogens with zero attached hydrogens (tertiary/aromatic N) is 5. The lowest BCUT2D eigenvalue weighted by molar-refractivity contribution is -0.301. The zero-order chi connectivity index (χ0) is 25.6. The van der Waals surface area contributed by atoms with Gasteiger partial charge >= 0.3 is 0 Å². The number of hydrogen-bond acceptors (Lipinski definition) is 12. The molecule has 0 radical (unpaired) electrons. The van der Waals surface area contributed by atoms with Crippen molar-refractivity contribution in [3.8, 4) is 0 Å². The highest BCUT2D eigenvalue weighted by Crippen LogP contribution is 2.41. The third-order valence-corrected chi connectivity index (χ3v) is 8.56. The van der Waals surface area contributed by atoms with Crippen LogP contribution >= 0.6 is 23.3 Å². The van der Waals surface area contributed by atoms with E-state index in [9.17, 15) is 29.5 Å². The topological polar surface area (TPSA) is 194 Å². The number of allylic oxidation sites excluding steroid dienone is 1. The molecule has 0 unspecified atom stereocenters. The standard InChI is InChI=1S/C21H23N7O6S2/c22-21-24-15(26-36-21)12(25-34)16(29)23-13-18(31)28-14(20(32)33)10(8-35-19(13)28)7-9-5-6-27(17(9)30)11-3-1-2-4-11/h7,11,13,19,34H,1-6,8H2,(H,23,29)(H,32,33)(H2,22,24,26)/p-1/b9-7+,25-12+/t13-,19-/m1/s1. The monoisotopic (exact) mass is 532 g/mol. The molecule has 3 aliphatic heterocycles. The Balaban J connectivity index is 1.33. The molecule has 4 heterocycles. The number of nitrogens with two attached hydrogens (primary N) is 1. The lowest BCUT2D eigenvalue weighted by Gasteiger charge is -2.50. The van der Waals surface area contributed by atoms with Gasteiger partial charge in [-0.3, -0.25) is 19.3 Å². The Bertz CT molecular complexity index is 1230. The number of aromatic nitrogens is 2. The van der Waals surface area contributed by atoms with Crippen LogP contribution in [0.1, 0.15) is 37.9 Å². The highest BCUT2D eigenvalue weighted by Gasteiger charge is 2.53. The Hall–Kier alpha value is -3.46. The molecule has 190 valence electrons. The van der Waals surface area contributed by atoms with E-state index >= 15 is 0 Å². The van der Waals surface area contributed by atoms with Crippen LogP contribution in [0.25, 0.3) is 0 Å². The number of anilines is 1. The molecule has 1 aromatic heterocycles. The van der Waals surface area contributed by atoms with Gasteiger partial charge in [0, 0.05) is 35.4 Å². The van der Waals surface area contributed by atoms with Crippen LogP contribution in [0, 0.1) is 0 Å². The van der Waals surface area contributed by atoms with Crippen LogP contribution < -0.4 is 16.2 Å². The molecule has 15 heteroatoms. The molecule has 3 amide bonds. The number of carbonyl (C=O) groups is 4. The van der Waals surface area contributed by atoms with Gasteiger partial charge in [-0.1, -0.05) is 18.0 Å². The third kappa shape index (κ3) is 4.11. The van der Waals surface area contributed by atoms with E-state index in [4.69, 9.17) is 5.73 Å². The van der Waals surface area contributed by atoms with E-state index in [2.05, 4.69) is 19.8 Å². The molecular formula is C21H22N7O6S2-. The average molecular weight is 533 g/mol. The van der Waals surface area contributed by atoms with E-state index < -0.39 is 34.9 Å². The molecule has 2 saturated heterocycles. The zero-order valence-electron chi connectivity index (χ0n) is 18.9. The summed E-state index contributed by atoms with van der Waals surface area (Å²) >= 11 is 2.05. The van der Waals surface area contributed by atoms with E-state index in [1.807, 2.05) is 4.90 Å². The van der Waals surface area contributed by atoms with Crippen molar-refractivity contribution in [3.05, 3.63) is 28.7 Å². The average Bonchev–Trinajstić information content (AvgIpc) is 3.60. The number of fused-ring (bicyclic) bond motifs is 1. The third-order valence-electron chi connectivity index (χ3n) is 6.72. The number of nitrogens with one attached hydrogen (secondary N) is 1. The predicted octanol–water partition coefficient (Wildman–Crippen LogP) is -1.20. The van der Waals surface area contributed by atoms with Gasteiger partial charge in [-0.2, -0.15) is 9.36 Å². The number of aliphatic carboxylic acids is 1. The number of rotatable bonds is 6. The second kappa shape index (κ2) is 9.54. The van der Waals surface area contributed by atoms with Crippen molar-refractivity contribution in [3.63, 3.8) is 0 Å². The van der Waals surface area contributed by atoms with E-state index in [0.717, 1.165) is 42.1 Å². The van der Waals surface area contributed by atoms with E-state index in [-0.39, 0.29) is 34.4 Å². The molecule has 1 aliphatic carbocycles. The molecule has 1 saturated carbocycles. The maximum absolute atomic E-state index is 12.9. The number of hydrogen-bond donors (Lipinski definition) is 3. The molecule has 0 spiro atoms. The fourth-order valence-corrected chi connectivity index (χ4v) is 6.76. The van der Waals surface area contributed by atoms with Crippen molar-refractivity contribution in [2.24, 2.45) is 5.16 Å². The fraction of sp³-hybridized carbons (Fsp3) is 0.476. The summed E-state index contributed by atoms with van der Waals surface area (Å²) in [5, 5.41) is 26.0. The van der Waals surface area contributed by atoms with Gasteiger partial charge in [-0.15, -0.1) is 11.8 Å². The summed E-state index contributed by atoms with van der Waals surface area (Å²) in [7, 11) is 0. The molecule has 4 aliphatic rings. The molecule has 0 aromatic carbocycles. The quantitative estimate of drug-likeness (QED) is 0.132. The number of carbonyl (C=O) groups excluding carboxylic acids is 4. The first-order chi connectivity index (χ1) is 17.3. The van der Waals surface area contributed by atoms with Crippen LogP contribution in [0.3, 0.4) is 0 Å². The van der Waals surface area contributed by atoms with Gasteiger partial charge in [0.25, 0.3) is 11.8 Å². The number of oxime groups is 1. The minimum Gasteiger partial charge on any atom is -0.543 e. The summed E-state index contributed by atoms with van der Waals surface area (Å²) in [6.07, 6.45) is 6.24. The van der Waals surface area contributed by atoms with Gasteiger partial charge in [0.05, 0.1) is 11.7 Å². The number of nitrogen functional groups attached to an aromatic ring is 1. The van der Waals surface area contributed by atoms with Crippen molar-refractivity contribution in [2.45, 2.75) is 49.6 Å². The molecule has 36 heavy (non-hydrogen) atoms. The molecule has 3 fully saturated rings. The van der Waals surface area contributed by atoms with Crippen LogP contribution in [-0.4, -0.2) is 83.5 Å². The van der Waals surface area contributed by atoms with Crippen molar-refractivity contribution in [1.82, 2.24) is 24.5 Å². The molecule has 1 aromatic rings. The normalized spacial score (nSPS) is 26.0. The van der Waals surface area contributed by atoms with Crippen molar-refractivity contribution < 1.29 is 29.5 Å². The lowest BCUT2D eigenvalue weighted by atomic mass is 10.0. The van der Waals surface area contributed by atoms with Gasteiger partial charge in [-0.25, -0.2) is 0 Å². The van der Waals surface area contributed by atoms with Crippen molar-refractivity contribution in [2.75, 3.05) is 18.0 Å².